The third-order valence-electron chi connectivity index (χ3n) is 3.45. The van der Waals surface area contributed by atoms with Gasteiger partial charge in [0.15, 0.2) is 0 Å². The van der Waals surface area contributed by atoms with Crippen molar-refractivity contribution in [1.29, 1.82) is 0 Å². The summed E-state index contributed by atoms with van der Waals surface area (Å²) < 4.78 is 5.07. The maximum absolute atomic E-state index is 11.9. The van der Waals surface area contributed by atoms with Crippen LogP contribution in [0.25, 0.3) is 0 Å². The quantitative estimate of drug-likeness (QED) is 0.842. The summed E-state index contributed by atoms with van der Waals surface area (Å²) in [6, 6.07) is 0. The van der Waals surface area contributed by atoms with Gasteiger partial charge < -0.3 is 10.5 Å². The molecule has 0 spiro atoms. The summed E-state index contributed by atoms with van der Waals surface area (Å²) in [5.41, 5.74) is 7.75. The molecular formula is C13H19NO2S. The smallest absolute Gasteiger partial charge is 0.341 e. The summed E-state index contributed by atoms with van der Waals surface area (Å²) >= 11 is 1.57. The first-order valence-electron chi connectivity index (χ1n) is 6.24. The van der Waals surface area contributed by atoms with Crippen LogP contribution in [0.2, 0.25) is 0 Å². The van der Waals surface area contributed by atoms with Gasteiger partial charge in [-0.15, -0.1) is 11.3 Å². The molecule has 0 unspecified atom stereocenters. The maximum atomic E-state index is 11.9. The molecule has 0 amide bonds. The molecule has 4 heteroatoms. The molecule has 1 aromatic heterocycles. The number of hydrogen-bond donors (Lipinski definition) is 1. The lowest BCUT2D eigenvalue weighted by atomic mass is 9.86. The second kappa shape index (κ2) is 5.08. The lowest BCUT2D eigenvalue weighted by Crippen LogP contribution is -2.15. The minimum atomic E-state index is -0.252. The highest BCUT2D eigenvalue weighted by Crippen LogP contribution is 2.39. The Balaban J connectivity index is 2.30. The first-order valence-corrected chi connectivity index (χ1v) is 7.06. The van der Waals surface area contributed by atoms with E-state index in [0.29, 0.717) is 17.2 Å². The predicted molar refractivity (Wildman–Crippen MR) is 70.5 cm³/mol. The Morgan fingerprint density at radius 3 is 2.94 bits per heavy atom. The molecule has 1 aromatic rings. The van der Waals surface area contributed by atoms with E-state index in [0.717, 1.165) is 30.7 Å². The Hall–Kier alpha value is -1.03. The monoisotopic (exact) mass is 253 g/mol. The minimum absolute atomic E-state index is 0.252. The van der Waals surface area contributed by atoms with E-state index in [1.807, 2.05) is 6.92 Å². The van der Waals surface area contributed by atoms with Gasteiger partial charge in [0, 0.05) is 4.88 Å². The van der Waals surface area contributed by atoms with Crippen molar-refractivity contribution in [2.75, 3.05) is 12.3 Å². The molecule has 0 fully saturated rings. The van der Waals surface area contributed by atoms with Gasteiger partial charge in [-0.3, -0.25) is 0 Å². The zero-order valence-electron chi connectivity index (χ0n) is 10.4. The molecule has 2 rings (SSSR count). The van der Waals surface area contributed by atoms with E-state index >= 15 is 0 Å². The molecular weight excluding hydrogens is 234 g/mol. The fourth-order valence-electron chi connectivity index (χ4n) is 2.45. The largest absolute Gasteiger partial charge is 0.462 e. The standard InChI is InChI=1S/C13H19NO2S/c1-3-8-5-6-9-10(7-8)17-12(14)11(9)13(15)16-4-2/h8H,3-7,14H2,1-2H3/t8-/m1/s1. The highest BCUT2D eigenvalue weighted by molar-refractivity contribution is 7.16. The molecule has 0 radical (unpaired) electrons. The third-order valence-corrected chi connectivity index (χ3v) is 4.53. The number of anilines is 1. The van der Waals surface area contributed by atoms with E-state index < -0.39 is 0 Å². The summed E-state index contributed by atoms with van der Waals surface area (Å²) in [4.78, 5) is 13.1. The molecule has 17 heavy (non-hydrogen) atoms. The molecule has 1 aliphatic carbocycles. The van der Waals surface area contributed by atoms with Gasteiger partial charge in [-0.1, -0.05) is 13.3 Å². The van der Waals surface area contributed by atoms with Crippen molar-refractivity contribution in [2.45, 2.75) is 39.5 Å². The van der Waals surface area contributed by atoms with Gasteiger partial charge in [-0.05, 0) is 37.7 Å². The predicted octanol–water partition coefficient (Wildman–Crippen LogP) is 3.02. The van der Waals surface area contributed by atoms with Gasteiger partial charge in [0.25, 0.3) is 0 Å². The summed E-state index contributed by atoms with van der Waals surface area (Å²) in [5.74, 6) is 0.494. The SMILES string of the molecule is CCOC(=O)c1c(N)sc2c1CC[C@@H](CC)C2. The Morgan fingerprint density at radius 1 is 1.53 bits per heavy atom. The van der Waals surface area contributed by atoms with Gasteiger partial charge in [0.2, 0.25) is 0 Å². The Morgan fingerprint density at radius 2 is 2.29 bits per heavy atom. The Bertz CT molecular complexity index is 425. The van der Waals surface area contributed by atoms with Crippen molar-refractivity contribution in [3.05, 3.63) is 16.0 Å². The minimum Gasteiger partial charge on any atom is -0.462 e. The average Bonchev–Trinajstić information content (AvgIpc) is 2.64. The number of thiophene rings is 1. The van der Waals surface area contributed by atoms with Crippen molar-refractivity contribution >= 4 is 22.3 Å². The molecule has 3 nitrogen and oxygen atoms in total. The van der Waals surface area contributed by atoms with Crippen LogP contribution in [0.15, 0.2) is 0 Å². The van der Waals surface area contributed by atoms with Crippen LogP contribution in [0.1, 0.15) is 47.5 Å². The van der Waals surface area contributed by atoms with Crippen LogP contribution in [0.4, 0.5) is 5.00 Å². The molecule has 0 aromatic carbocycles. The third kappa shape index (κ3) is 2.32. The van der Waals surface area contributed by atoms with E-state index in [2.05, 4.69) is 6.92 Å². The highest BCUT2D eigenvalue weighted by atomic mass is 32.1. The zero-order chi connectivity index (χ0) is 12.4. The van der Waals surface area contributed by atoms with Gasteiger partial charge >= 0.3 is 5.97 Å². The molecule has 2 N–H and O–H groups in total. The van der Waals surface area contributed by atoms with Crippen molar-refractivity contribution in [1.82, 2.24) is 0 Å². The number of carbonyl (C=O) groups excluding carboxylic acids is 1. The number of hydrogen-bond acceptors (Lipinski definition) is 4. The van der Waals surface area contributed by atoms with Gasteiger partial charge in [0.1, 0.15) is 5.00 Å². The maximum Gasteiger partial charge on any atom is 0.341 e. The second-order valence-corrected chi connectivity index (χ2v) is 5.62. The Labute approximate surface area is 106 Å². The van der Waals surface area contributed by atoms with Gasteiger partial charge in [0.05, 0.1) is 12.2 Å². The molecule has 1 heterocycles. The molecule has 0 saturated carbocycles. The average molecular weight is 253 g/mol. The molecule has 1 atom stereocenters. The van der Waals surface area contributed by atoms with Crippen molar-refractivity contribution < 1.29 is 9.53 Å². The molecule has 0 saturated heterocycles. The van der Waals surface area contributed by atoms with Gasteiger partial charge in [-0.2, -0.15) is 0 Å². The number of esters is 1. The van der Waals surface area contributed by atoms with Crippen LogP contribution in [0.5, 0.6) is 0 Å². The molecule has 0 aliphatic heterocycles. The molecule has 0 bridgehead atoms. The van der Waals surface area contributed by atoms with Crippen LogP contribution in [0.3, 0.4) is 0 Å². The fraction of sp³-hybridized carbons (Fsp3) is 0.615. The van der Waals surface area contributed by atoms with E-state index in [1.165, 1.54) is 11.3 Å². The van der Waals surface area contributed by atoms with Crippen LogP contribution in [-0.4, -0.2) is 12.6 Å². The van der Waals surface area contributed by atoms with E-state index in [9.17, 15) is 4.79 Å². The topological polar surface area (TPSA) is 52.3 Å². The number of fused-ring (bicyclic) bond motifs is 1. The summed E-state index contributed by atoms with van der Waals surface area (Å²) in [5, 5.41) is 0.630. The Kier molecular flexibility index (Phi) is 3.72. The lowest BCUT2D eigenvalue weighted by Gasteiger charge is -2.20. The van der Waals surface area contributed by atoms with Crippen LogP contribution >= 0.6 is 11.3 Å². The lowest BCUT2D eigenvalue weighted by molar-refractivity contribution is 0.0526. The van der Waals surface area contributed by atoms with E-state index in [-0.39, 0.29) is 5.97 Å². The van der Waals surface area contributed by atoms with E-state index in [4.69, 9.17) is 10.5 Å². The summed E-state index contributed by atoms with van der Waals surface area (Å²) in [7, 11) is 0. The number of rotatable bonds is 3. The number of ether oxygens (including phenoxy) is 1. The van der Waals surface area contributed by atoms with Gasteiger partial charge in [-0.25, -0.2) is 4.79 Å². The summed E-state index contributed by atoms with van der Waals surface area (Å²) in [6.45, 7) is 4.44. The summed E-state index contributed by atoms with van der Waals surface area (Å²) in [6.07, 6.45) is 4.40. The molecule has 1 aliphatic rings. The van der Waals surface area contributed by atoms with Crippen LogP contribution < -0.4 is 5.73 Å². The van der Waals surface area contributed by atoms with Crippen molar-refractivity contribution in [3.63, 3.8) is 0 Å². The number of nitrogens with two attached hydrogens (primary N) is 1. The first-order chi connectivity index (χ1) is 8.17. The highest BCUT2D eigenvalue weighted by Gasteiger charge is 2.27. The van der Waals surface area contributed by atoms with Crippen molar-refractivity contribution in [2.24, 2.45) is 5.92 Å². The molecule has 94 valence electrons. The van der Waals surface area contributed by atoms with E-state index in [1.54, 1.807) is 11.3 Å². The zero-order valence-corrected chi connectivity index (χ0v) is 11.2. The second-order valence-electron chi connectivity index (χ2n) is 4.48. The first kappa shape index (κ1) is 12.4. The van der Waals surface area contributed by atoms with Crippen LogP contribution in [-0.2, 0) is 17.6 Å². The number of nitrogen functional groups attached to an aromatic ring is 1. The van der Waals surface area contributed by atoms with Crippen molar-refractivity contribution in [3.8, 4) is 0 Å². The normalized spacial score (nSPS) is 18.8. The fourth-order valence-corrected chi connectivity index (χ4v) is 3.67. The number of carbonyl (C=O) groups is 1. The van der Waals surface area contributed by atoms with Crippen LogP contribution in [0, 0.1) is 5.92 Å².